The maximum Gasteiger partial charge on any atom is 0.290 e. The second-order valence-corrected chi connectivity index (χ2v) is 6.23. The molecular weight excluding hydrogens is 330 g/mol. The number of hydrogen-bond donors (Lipinski definition) is 1. The molecule has 26 heavy (non-hydrogen) atoms. The monoisotopic (exact) mass is 351 g/mol. The molecule has 0 fully saturated rings. The topological polar surface area (TPSA) is 77.2 Å². The van der Waals surface area contributed by atoms with Crippen LogP contribution in [0.1, 0.15) is 53.2 Å². The van der Waals surface area contributed by atoms with E-state index in [-0.39, 0.29) is 23.6 Å². The summed E-state index contributed by atoms with van der Waals surface area (Å²) in [6.45, 7) is 3.99. The van der Waals surface area contributed by atoms with Gasteiger partial charge in [0.1, 0.15) is 5.75 Å². The maximum absolute atomic E-state index is 12.7. The second-order valence-electron chi connectivity index (χ2n) is 6.23. The van der Waals surface area contributed by atoms with Crippen molar-refractivity contribution in [3.8, 4) is 5.75 Å². The smallest absolute Gasteiger partial charge is 0.290 e. The number of benzene rings is 1. The third kappa shape index (κ3) is 3.91. The zero-order valence-electron chi connectivity index (χ0n) is 15.0. The number of aromatic nitrogens is 2. The van der Waals surface area contributed by atoms with Crippen LogP contribution in [0.3, 0.4) is 0 Å². The lowest BCUT2D eigenvalue weighted by Gasteiger charge is -2.19. The molecule has 0 bridgehead atoms. The van der Waals surface area contributed by atoms with Gasteiger partial charge in [0, 0.05) is 18.5 Å². The Hall–Kier alpha value is -3.15. The van der Waals surface area contributed by atoms with Crippen LogP contribution in [0.25, 0.3) is 0 Å². The van der Waals surface area contributed by atoms with Gasteiger partial charge < -0.3 is 14.6 Å². The zero-order valence-corrected chi connectivity index (χ0v) is 15.0. The summed E-state index contributed by atoms with van der Waals surface area (Å²) in [6, 6.07) is 12.6. The summed E-state index contributed by atoms with van der Waals surface area (Å²) in [6.07, 6.45) is 3.40. The first-order chi connectivity index (χ1) is 12.6. The minimum absolute atomic E-state index is 0.192. The van der Waals surface area contributed by atoms with E-state index in [9.17, 15) is 4.79 Å². The summed E-state index contributed by atoms with van der Waals surface area (Å²) in [5, 5.41) is 6.96. The third-order valence-electron chi connectivity index (χ3n) is 4.11. The molecule has 0 unspecified atom stereocenters. The second kappa shape index (κ2) is 7.82. The van der Waals surface area contributed by atoms with Gasteiger partial charge in [0.2, 0.25) is 5.76 Å². The first kappa shape index (κ1) is 17.7. The molecule has 0 spiro atoms. The Balaban J connectivity index is 1.88. The van der Waals surface area contributed by atoms with Crippen molar-refractivity contribution in [2.75, 3.05) is 7.11 Å². The number of carbonyl (C=O) groups is 1. The van der Waals surface area contributed by atoms with Crippen molar-refractivity contribution in [2.45, 2.75) is 25.8 Å². The van der Waals surface area contributed by atoms with Gasteiger partial charge in [-0.25, -0.2) is 0 Å². The van der Waals surface area contributed by atoms with Gasteiger partial charge in [0.15, 0.2) is 0 Å². The number of pyridine rings is 1. The molecule has 0 aliphatic rings. The van der Waals surface area contributed by atoms with E-state index in [0.29, 0.717) is 0 Å². The van der Waals surface area contributed by atoms with Crippen molar-refractivity contribution in [1.82, 2.24) is 15.5 Å². The SMILES string of the molecule is COc1ccc([C@H](NC(=O)c2cc(C(C)C)no2)c2ccncc2)cc1. The fraction of sp³-hybridized carbons (Fsp3) is 0.250. The van der Waals surface area contributed by atoms with Crippen molar-refractivity contribution in [3.63, 3.8) is 0 Å². The Bertz CT molecular complexity index is 858. The van der Waals surface area contributed by atoms with Crippen molar-refractivity contribution in [1.29, 1.82) is 0 Å². The number of nitrogens with zero attached hydrogens (tertiary/aromatic N) is 2. The fourth-order valence-electron chi connectivity index (χ4n) is 2.58. The van der Waals surface area contributed by atoms with Gasteiger partial charge >= 0.3 is 0 Å². The summed E-state index contributed by atoms with van der Waals surface area (Å²) in [7, 11) is 1.62. The van der Waals surface area contributed by atoms with Crippen LogP contribution in [-0.2, 0) is 0 Å². The summed E-state index contributed by atoms with van der Waals surface area (Å²) >= 11 is 0. The lowest BCUT2D eigenvalue weighted by molar-refractivity contribution is 0.0905. The van der Waals surface area contributed by atoms with Crippen molar-refractivity contribution < 1.29 is 14.1 Å². The molecule has 2 aromatic heterocycles. The molecule has 0 saturated heterocycles. The molecule has 134 valence electrons. The van der Waals surface area contributed by atoms with Crippen LogP contribution in [0.5, 0.6) is 5.75 Å². The van der Waals surface area contributed by atoms with Crippen LogP contribution in [0.15, 0.2) is 59.4 Å². The molecule has 1 N–H and O–H groups in total. The molecule has 6 heteroatoms. The van der Waals surface area contributed by atoms with E-state index < -0.39 is 0 Å². The summed E-state index contributed by atoms with van der Waals surface area (Å²) in [5.41, 5.74) is 2.59. The molecule has 1 amide bonds. The molecule has 2 heterocycles. The van der Waals surface area contributed by atoms with E-state index in [4.69, 9.17) is 9.26 Å². The van der Waals surface area contributed by atoms with Crippen LogP contribution in [-0.4, -0.2) is 23.2 Å². The fourth-order valence-corrected chi connectivity index (χ4v) is 2.58. The molecule has 3 aromatic rings. The standard InChI is InChI=1S/C20H21N3O3/c1-13(2)17-12-18(26-23-17)20(24)22-19(15-8-10-21-11-9-15)14-4-6-16(25-3)7-5-14/h4-13,19H,1-3H3,(H,22,24)/t19-/m0/s1. The molecule has 0 aliphatic heterocycles. The van der Waals surface area contributed by atoms with E-state index in [1.807, 2.05) is 50.2 Å². The Kier molecular flexibility index (Phi) is 5.31. The average molecular weight is 351 g/mol. The lowest BCUT2D eigenvalue weighted by Crippen LogP contribution is -2.29. The highest BCUT2D eigenvalue weighted by Crippen LogP contribution is 2.24. The van der Waals surface area contributed by atoms with E-state index >= 15 is 0 Å². The zero-order chi connectivity index (χ0) is 18.5. The van der Waals surface area contributed by atoms with E-state index in [0.717, 1.165) is 22.6 Å². The number of methoxy groups -OCH3 is 1. The van der Waals surface area contributed by atoms with Gasteiger partial charge in [0.05, 0.1) is 18.8 Å². The summed E-state index contributed by atoms with van der Waals surface area (Å²) < 4.78 is 10.4. The maximum atomic E-state index is 12.7. The van der Waals surface area contributed by atoms with E-state index in [1.165, 1.54) is 0 Å². The van der Waals surface area contributed by atoms with Crippen LogP contribution in [0.2, 0.25) is 0 Å². The van der Waals surface area contributed by atoms with E-state index in [2.05, 4.69) is 15.5 Å². The molecule has 1 atom stereocenters. The molecule has 0 aliphatic carbocycles. The number of rotatable bonds is 6. The summed E-state index contributed by atoms with van der Waals surface area (Å²) in [5.74, 6) is 0.826. The number of nitrogens with one attached hydrogen (secondary N) is 1. The first-order valence-electron chi connectivity index (χ1n) is 8.40. The summed E-state index contributed by atoms with van der Waals surface area (Å²) in [4.78, 5) is 16.7. The third-order valence-corrected chi connectivity index (χ3v) is 4.11. The molecule has 6 nitrogen and oxygen atoms in total. The van der Waals surface area contributed by atoms with Gasteiger partial charge in [-0.05, 0) is 41.3 Å². The minimum Gasteiger partial charge on any atom is -0.497 e. The van der Waals surface area contributed by atoms with Crippen LogP contribution >= 0.6 is 0 Å². The predicted molar refractivity (Wildman–Crippen MR) is 97.1 cm³/mol. The van der Waals surface area contributed by atoms with Gasteiger partial charge in [0.25, 0.3) is 5.91 Å². The van der Waals surface area contributed by atoms with Gasteiger partial charge in [-0.3, -0.25) is 9.78 Å². The van der Waals surface area contributed by atoms with Gasteiger partial charge in [-0.2, -0.15) is 0 Å². The highest BCUT2D eigenvalue weighted by Gasteiger charge is 2.21. The largest absolute Gasteiger partial charge is 0.497 e. The van der Waals surface area contributed by atoms with Crippen LogP contribution in [0.4, 0.5) is 0 Å². The highest BCUT2D eigenvalue weighted by atomic mass is 16.5. The molecule has 3 rings (SSSR count). The number of hydrogen-bond acceptors (Lipinski definition) is 5. The predicted octanol–water partition coefficient (Wildman–Crippen LogP) is 3.72. The normalized spacial score (nSPS) is 12.0. The lowest BCUT2D eigenvalue weighted by atomic mass is 9.99. The van der Waals surface area contributed by atoms with Crippen LogP contribution in [0, 0.1) is 0 Å². The average Bonchev–Trinajstić information content (AvgIpc) is 3.17. The Morgan fingerprint density at radius 2 is 1.73 bits per heavy atom. The Morgan fingerprint density at radius 1 is 1.08 bits per heavy atom. The van der Waals surface area contributed by atoms with Crippen molar-refractivity contribution in [2.24, 2.45) is 0 Å². The van der Waals surface area contributed by atoms with Crippen LogP contribution < -0.4 is 10.1 Å². The first-order valence-corrected chi connectivity index (χ1v) is 8.40. The van der Waals surface area contributed by atoms with Crippen molar-refractivity contribution >= 4 is 5.91 Å². The number of carbonyl (C=O) groups excluding carboxylic acids is 1. The number of ether oxygens (including phenoxy) is 1. The van der Waals surface area contributed by atoms with Gasteiger partial charge in [-0.1, -0.05) is 31.1 Å². The highest BCUT2D eigenvalue weighted by molar-refractivity contribution is 5.92. The minimum atomic E-state index is -0.344. The quantitative estimate of drug-likeness (QED) is 0.732. The molecule has 0 saturated carbocycles. The number of amides is 1. The van der Waals surface area contributed by atoms with Gasteiger partial charge in [-0.15, -0.1) is 0 Å². The molecule has 0 radical (unpaired) electrons. The van der Waals surface area contributed by atoms with Crippen molar-refractivity contribution in [3.05, 3.63) is 77.4 Å². The Labute approximate surface area is 152 Å². The molecule has 1 aromatic carbocycles. The Morgan fingerprint density at radius 3 is 2.31 bits per heavy atom. The van der Waals surface area contributed by atoms with E-state index in [1.54, 1.807) is 25.6 Å². The molecular formula is C20H21N3O3.